The molecule has 2 aromatic heterocycles. The van der Waals surface area contributed by atoms with Gasteiger partial charge in [-0.15, -0.1) is 10.2 Å². The number of anilines is 2. The topological polar surface area (TPSA) is 81.7 Å². The summed E-state index contributed by atoms with van der Waals surface area (Å²) in [5.74, 6) is 1.33. The first kappa shape index (κ1) is 9.45. The van der Waals surface area contributed by atoms with Gasteiger partial charge in [-0.3, -0.25) is 0 Å². The van der Waals surface area contributed by atoms with Crippen LogP contribution in [0, 0.1) is 0 Å². The van der Waals surface area contributed by atoms with Crippen LogP contribution in [0.1, 0.15) is 5.82 Å². The first-order valence-corrected chi connectivity index (χ1v) is 4.54. The molecule has 0 saturated carbocycles. The van der Waals surface area contributed by atoms with Gasteiger partial charge < -0.3 is 15.6 Å². The molecule has 0 atom stereocenters. The lowest BCUT2D eigenvalue weighted by Crippen LogP contribution is -2.07. The molecule has 3 N–H and O–H groups in total. The van der Waals surface area contributed by atoms with Gasteiger partial charge in [0, 0.05) is 13.2 Å². The summed E-state index contributed by atoms with van der Waals surface area (Å²) in [4.78, 5) is 3.97. The van der Waals surface area contributed by atoms with Gasteiger partial charge in [0.1, 0.15) is 12.1 Å². The first-order chi connectivity index (χ1) is 7.27. The Balaban J connectivity index is 2.06. The van der Waals surface area contributed by atoms with Gasteiger partial charge in [0.15, 0.2) is 5.82 Å². The number of nitrogens with zero attached hydrogens (tertiary/aromatic N) is 4. The second-order valence-corrected chi connectivity index (χ2v) is 3.15. The van der Waals surface area contributed by atoms with Gasteiger partial charge in [0.2, 0.25) is 0 Å². The van der Waals surface area contributed by atoms with Crippen molar-refractivity contribution in [1.82, 2.24) is 19.7 Å². The summed E-state index contributed by atoms with van der Waals surface area (Å²) in [5, 5.41) is 10.9. The smallest absolute Gasteiger partial charge is 0.151 e. The number of aryl methyl sites for hydroxylation is 1. The summed E-state index contributed by atoms with van der Waals surface area (Å²) in [6.45, 7) is 0.576. The van der Waals surface area contributed by atoms with E-state index >= 15 is 0 Å². The van der Waals surface area contributed by atoms with Crippen molar-refractivity contribution in [2.24, 2.45) is 7.05 Å². The van der Waals surface area contributed by atoms with E-state index in [-0.39, 0.29) is 0 Å². The Morgan fingerprint density at radius 3 is 3.07 bits per heavy atom. The van der Waals surface area contributed by atoms with Crippen molar-refractivity contribution in [2.45, 2.75) is 6.54 Å². The highest BCUT2D eigenvalue weighted by Gasteiger charge is 2.02. The summed E-state index contributed by atoms with van der Waals surface area (Å²) < 4.78 is 1.85. The van der Waals surface area contributed by atoms with Crippen molar-refractivity contribution in [1.29, 1.82) is 0 Å². The van der Waals surface area contributed by atoms with Crippen LogP contribution in [0.5, 0.6) is 0 Å². The zero-order chi connectivity index (χ0) is 10.7. The van der Waals surface area contributed by atoms with Crippen molar-refractivity contribution >= 4 is 11.5 Å². The number of hydrogen-bond acceptors (Lipinski definition) is 5. The molecule has 15 heavy (non-hydrogen) atoms. The van der Waals surface area contributed by atoms with E-state index in [0.29, 0.717) is 12.4 Å². The van der Waals surface area contributed by atoms with Crippen LogP contribution in [0.2, 0.25) is 0 Å². The summed E-state index contributed by atoms with van der Waals surface area (Å²) in [7, 11) is 1.89. The number of nitrogen functional groups attached to an aromatic ring is 1. The molecule has 6 nitrogen and oxygen atoms in total. The van der Waals surface area contributed by atoms with Gasteiger partial charge in [-0.25, -0.2) is 4.98 Å². The van der Waals surface area contributed by atoms with Gasteiger partial charge >= 0.3 is 0 Å². The Labute approximate surface area is 87.2 Å². The molecule has 78 valence electrons. The van der Waals surface area contributed by atoms with Gasteiger partial charge in [-0.05, 0) is 12.1 Å². The van der Waals surface area contributed by atoms with Crippen LogP contribution in [0.4, 0.5) is 11.5 Å². The molecule has 0 unspecified atom stereocenters. The molecule has 0 saturated heterocycles. The molecule has 0 aliphatic heterocycles. The van der Waals surface area contributed by atoms with E-state index in [4.69, 9.17) is 5.73 Å². The molecule has 0 aliphatic rings. The molecule has 0 aliphatic carbocycles. The Bertz CT molecular complexity index is 449. The van der Waals surface area contributed by atoms with Crippen LogP contribution in [-0.2, 0) is 13.6 Å². The summed E-state index contributed by atoms with van der Waals surface area (Å²) in [6.07, 6.45) is 3.31. The minimum atomic E-state index is 0.486. The minimum absolute atomic E-state index is 0.486. The standard InChI is InChI=1S/C9H12N6/c1-15-6-13-14-8(15)5-12-7-3-2-4-11-9(7)10/h2-4,6,12H,5H2,1H3,(H2,10,11). The number of rotatable bonds is 3. The van der Waals surface area contributed by atoms with Crippen LogP contribution in [0.3, 0.4) is 0 Å². The maximum atomic E-state index is 5.68. The normalized spacial score (nSPS) is 10.2. The van der Waals surface area contributed by atoms with E-state index in [1.54, 1.807) is 12.5 Å². The van der Waals surface area contributed by atoms with Gasteiger partial charge in [-0.2, -0.15) is 0 Å². The van der Waals surface area contributed by atoms with Crippen molar-refractivity contribution in [2.75, 3.05) is 11.1 Å². The fraction of sp³-hybridized carbons (Fsp3) is 0.222. The highest BCUT2D eigenvalue weighted by atomic mass is 15.3. The number of aromatic nitrogens is 4. The van der Waals surface area contributed by atoms with E-state index in [9.17, 15) is 0 Å². The molecule has 0 radical (unpaired) electrons. The Kier molecular flexibility index (Phi) is 2.49. The van der Waals surface area contributed by atoms with E-state index in [0.717, 1.165) is 11.5 Å². The number of hydrogen-bond donors (Lipinski definition) is 2. The van der Waals surface area contributed by atoms with Crippen LogP contribution in [0.25, 0.3) is 0 Å². The third-order valence-electron chi connectivity index (χ3n) is 2.08. The zero-order valence-electron chi connectivity index (χ0n) is 8.38. The first-order valence-electron chi connectivity index (χ1n) is 4.54. The number of nitrogens with one attached hydrogen (secondary N) is 1. The van der Waals surface area contributed by atoms with Crippen LogP contribution in [-0.4, -0.2) is 19.7 Å². The highest BCUT2D eigenvalue weighted by molar-refractivity contribution is 5.60. The fourth-order valence-electron chi connectivity index (χ4n) is 1.21. The third-order valence-corrected chi connectivity index (χ3v) is 2.08. The molecule has 2 rings (SSSR count). The van der Waals surface area contributed by atoms with E-state index < -0.39 is 0 Å². The predicted octanol–water partition coefficient (Wildman–Crippen LogP) is 0.404. The second-order valence-electron chi connectivity index (χ2n) is 3.15. The van der Waals surface area contributed by atoms with E-state index in [2.05, 4.69) is 20.5 Å². The van der Waals surface area contributed by atoms with Crippen molar-refractivity contribution < 1.29 is 0 Å². The zero-order valence-corrected chi connectivity index (χ0v) is 8.38. The van der Waals surface area contributed by atoms with Crippen molar-refractivity contribution in [3.8, 4) is 0 Å². The van der Waals surface area contributed by atoms with Crippen LogP contribution >= 0.6 is 0 Å². The molecule has 0 aromatic carbocycles. The summed E-state index contributed by atoms with van der Waals surface area (Å²) >= 11 is 0. The van der Waals surface area contributed by atoms with Gasteiger partial charge in [-0.1, -0.05) is 0 Å². The lowest BCUT2D eigenvalue weighted by Gasteiger charge is -2.06. The summed E-state index contributed by atoms with van der Waals surface area (Å²) in [5.41, 5.74) is 6.49. The van der Waals surface area contributed by atoms with Gasteiger partial charge in [0.05, 0.1) is 12.2 Å². The molecule has 2 aromatic rings. The maximum Gasteiger partial charge on any atom is 0.151 e. The van der Waals surface area contributed by atoms with E-state index in [1.165, 1.54) is 0 Å². The Morgan fingerprint density at radius 2 is 2.40 bits per heavy atom. The summed E-state index contributed by atoms with van der Waals surface area (Å²) in [6, 6.07) is 3.70. The number of pyridine rings is 1. The molecular weight excluding hydrogens is 192 g/mol. The molecular formula is C9H12N6. The lowest BCUT2D eigenvalue weighted by molar-refractivity contribution is 0.812. The molecule has 0 amide bonds. The Morgan fingerprint density at radius 1 is 1.53 bits per heavy atom. The lowest BCUT2D eigenvalue weighted by atomic mass is 10.4. The highest BCUT2D eigenvalue weighted by Crippen LogP contribution is 2.14. The molecule has 0 fully saturated rings. The predicted molar refractivity (Wildman–Crippen MR) is 57.0 cm³/mol. The van der Waals surface area contributed by atoms with Crippen molar-refractivity contribution in [3.63, 3.8) is 0 Å². The molecule has 0 spiro atoms. The SMILES string of the molecule is Cn1cnnc1CNc1cccnc1N. The second kappa shape index (κ2) is 3.95. The average Bonchev–Trinajstić information content (AvgIpc) is 2.63. The minimum Gasteiger partial charge on any atom is -0.382 e. The largest absolute Gasteiger partial charge is 0.382 e. The molecule has 2 heterocycles. The monoisotopic (exact) mass is 204 g/mol. The molecule has 6 heteroatoms. The van der Waals surface area contributed by atoms with Crippen molar-refractivity contribution in [3.05, 3.63) is 30.5 Å². The fourth-order valence-corrected chi connectivity index (χ4v) is 1.21. The average molecular weight is 204 g/mol. The van der Waals surface area contributed by atoms with Crippen LogP contribution < -0.4 is 11.1 Å². The molecule has 0 bridgehead atoms. The maximum absolute atomic E-state index is 5.68. The third kappa shape index (κ3) is 2.04. The van der Waals surface area contributed by atoms with Crippen LogP contribution in [0.15, 0.2) is 24.7 Å². The Hall–Kier alpha value is -2.11. The number of nitrogens with two attached hydrogens (primary N) is 1. The van der Waals surface area contributed by atoms with Gasteiger partial charge in [0.25, 0.3) is 0 Å². The quantitative estimate of drug-likeness (QED) is 0.756. The van der Waals surface area contributed by atoms with E-state index in [1.807, 2.05) is 23.7 Å².